The van der Waals surface area contributed by atoms with Crippen LogP contribution in [0, 0.1) is 0 Å². The predicted molar refractivity (Wildman–Crippen MR) is 175 cm³/mol. The Morgan fingerprint density at radius 2 is 1.84 bits per heavy atom. The number of hydrogen-bond acceptors (Lipinski definition) is 8. The fraction of sp³-hybridized carbons (Fsp3) is 0.219. The van der Waals surface area contributed by atoms with Crippen molar-refractivity contribution in [2.45, 2.75) is 26.5 Å². The molecule has 0 aliphatic carbocycles. The molecule has 0 N–H and O–H groups in total. The number of fused-ring (bicyclic) bond motifs is 1. The van der Waals surface area contributed by atoms with E-state index in [1.54, 1.807) is 44.2 Å². The van der Waals surface area contributed by atoms with E-state index in [1.165, 1.54) is 30.1 Å². The number of thiazole rings is 1. The van der Waals surface area contributed by atoms with Gasteiger partial charge in [0.25, 0.3) is 5.56 Å². The molecule has 1 aromatic heterocycles. The molecule has 5 rings (SSSR count). The summed E-state index contributed by atoms with van der Waals surface area (Å²) in [6.45, 7) is 3.88. The van der Waals surface area contributed by atoms with Gasteiger partial charge in [-0.1, -0.05) is 68.7 Å². The summed E-state index contributed by atoms with van der Waals surface area (Å²) < 4.78 is 25.0. The summed E-state index contributed by atoms with van der Waals surface area (Å²) in [6.07, 6.45) is 1.77. The van der Waals surface area contributed by atoms with E-state index in [1.807, 2.05) is 30.3 Å². The minimum absolute atomic E-state index is 0.169. The number of allylic oxidation sites excluding steroid dienone is 1. The molecule has 0 unspecified atom stereocenters. The SMILES string of the molecule is CCOC(=O)C1=C(C)N=c2s/c(=C\c3cccc(OCc4ccc(Cl)cc4Cl)c3)c(=O)n2[C@@H]1c1cc(OC)c(OC)cc1Br. The average molecular weight is 718 g/mol. The fourth-order valence-electron chi connectivity index (χ4n) is 4.81. The lowest BCUT2D eigenvalue weighted by molar-refractivity contribution is -0.139. The fourth-order valence-corrected chi connectivity index (χ4v) is 6.86. The molecule has 0 fully saturated rings. The zero-order valence-electron chi connectivity index (χ0n) is 24.2. The van der Waals surface area contributed by atoms with E-state index >= 15 is 0 Å². The van der Waals surface area contributed by atoms with E-state index in [0.717, 1.165) is 11.1 Å². The Bertz CT molecular complexity index is 1970. The summed E-state index contributed by atoms with van der Waals surface area (Å²) in [6, 6.07) is 15.3. The number of rotatable bonds is 9. The van der Waals surface area contributed by atoms with Gasteiger partial charge in [-0.2, -0.15) is 0 Å². The Kier molecular flexibility index (Phi) is 9.84. The normalized spacial score (nSPS) is 14.6. The maximum atomic E-state index is 14.1. The molecular formula is C32H27BrCl2N2O6S. The van der Waals surface area contributed by atoms with Gasteiger partial charge in [0, 0.05) is 20.1 Å². The molecule has 1 aliphatic rings. The molecule has 0 bridgehead atoms. The second-order valence-electron chi connectivity index (χ2n) is 9.63. The van der Waals surface area contributed by atoms with Crippen LogP contribution >= 0.6 is 50.5 Å². The van der Waals surface area contributed by atoms with E-state index in [4.69, 9.17) is 42.1 Å². The second-order valence-corrected chi connectivity index (χ2v) is 12.3. The van der Waals surface area contributed by atoms with Crippen LogP contribution in [0.3, 0.4) is 0 Å². The lowest BCUT2D eigenvalue weighted by atomic mass is 9.95. The molecule has 0 radical (unpaired) electrons. The molecular weight excluding hydrogens is 691 g/mol. The maximum absolute atomic E-state index is 14.1. The van der Waals surface area contributed by atoms with Crippen LogP contribution in [0.2, 0.25) is 10.0 Å². The van der Waals surface area contributed by atoms with Crippen LogP contribution in [0.15, 0.2) is 80.1 Å². The lowest BCUT2D eigenvalue weighted by Gasteiger charge is -2.26. The molecule has 2 heterocycles. The number of halogens is 3. The first kappa shape index (κ1) is 31.8. The Morgan fingerprint density at radius 3 is 2.55 bits per heavy atom. The number of methoxy groups -OCH3 is 2. The molecule has 0 amide bonds. The molecule has 0 spiro atoms. The van der Waals surface area contributed by atoms with Crippen molar-refractivity contribution in [1.82, 2.24) is 4.57 Å². The minimum Gasteiger partial charge on any atom is -0.493 e. The van der Waals surface area contributed by atoms with Crippen molar-refractivity contribution < 1.29 is 23.7 Å². The van der Waals surface area contributed by atoms with Gasteiger partial charge in [0.05, 0.1) is 42.7 Å². The van der Waals surface area contributed by atoms with E-state index < -0.39 is 12.0 Å². The van der Waals surface area contributed by atoms with E-state index in [0.29, 0.717) is 52.4 Å². The van der Waals surface area contributed by atoms with Crippen molar-refractivity contribution >= 4 is 62.5 Å². The predicted octanol–water partition coefficient (Wildman–Crippen LogP) is 6.46. The van der Waals surface area contributed by atoms with Gasteiger partial charge in [-0.3, -0.25) is 9.36 Å². The van der Waals surface area contributed by atoms with Crippen molar-refractivity contribution in [2.75, 3.05) is 20.8 Å². The first-order chi connectivity index (χ1) is 21.1. The standard InChI is InChI=1S/C32H27BrCl2N2O6S/c1-5-42-31(39)28-17(2)36-32-37(29(28)22-14-25(40-3)26(41-4)15-23(22)33)30(38)27(44-32)12-18-7-6-8-21(11-18)43-16-19-9-10-20(34)13-24(19)35/h6-15,29H,5,16H2,1-4H3/b27-12-/t29-/m1/s1. The highest BCUT2D eigenvalue weighted by Gasteiger charge is 2.35. The van der Waals surface area contributed by atoms with Gasteiger partial charge < -0.3 is 18.9 Å². The van der Waals surface area contributed by atoms with E-state index in [2.05, 4.69) is 20.9 Å². The van der Waals surface area contributed by atoms with Gasteiger partial charge in [0.2, 0.25) is 0 Å². The largest absolute Gasteiger partial charge is 0.493 e. The van der Waals surface area contributed by atoms with Crippen molar-refractivity contribution in [3.8, 4) is 17.2 Å². The van der Waals surface area contributed by atoms with Crippen LogP contribution in [-0.2, 0) is 16.1 Å². The monoisotopic (exact) mass is 716 g/mol. The highest BCUT2D eigenvalue weighted by molar-refractivity contribution is 9.10. The average Bonchev–Trinajstić information content (AvgIpc) is 3.29. The number of hydrogen-bond donors (Lipinski definition) is 0. The summed E-state index contributed by atoms with van der Waals surface area (Å²) in [5, 5.41) is 1.07. The quantitative estimate of drug-likeness (QED) is 0.185. The minimum atomic E-state index is -0.833. The van der Waals surface area contributed by atoms with Crippen LogP contribution < -0.4 is 29.1 Å². The van der Waals surface area contributed by atoms with Gasteiger partial charge >= 0.3 is 5.97 Å². The molecule has 1 atom stereocenters. The highest BCUT2D eigenvalue weighted by atomic mass is 79.9. The Hall–Kier alpha value is -3.57. The number of carbonyl (C=O) groups excluding carboxylic acids is 1. The molecule has 4 aromatic rings. The third-order valence-corrected chi connectivity index (χ3v) is 9.14. The van der Waals surface area contributed by atoms with Gasteiger partial charge in [0.1, 0.15) is 12.4 Å². The number of carbonyl (C=O) groups is 1. The summed E-state index contributed by atoms with van der Waals surface area (Å²) in [7, 11) is 3.06. The zero-order valence-corrected chi connectivity index (χ0v) is 28.1. The Labute approximate surface area is 275 Å². The molecule has 44 heavy (non-hydrogen) atoms. The lowest BCUT2D eigenvalue weighted by Crippen LogP contribution is -2.40. The summed E-state index contributed by atoms with van der Waals surface area (Å²) in [5.74, 6) is 0.988. The van der Waals surface area contributed by atoms with E-state index in [-0.39, 0.29) is 24.3 Å². The molecule has 0 saturated carbocycles. The number of aromatic nitrogens is 1. The maximum Gasteiger partial charge on any atom is 0.338 e. The highest BCUT2D eigenvalue weighted by Crippen LogP contribution is 2.40. The van der Waals surface area contributed by atoms with Crippen LogP contribution in [0.5, 0.6) is 17.2 Å². The first-order valence-electron chi connectivity index (χ1n) is 13.4. The van der Waals surface area contributed by atoms with Crippen molar-refractivity contribution in [2.24, 2.45) is 4.99 Å². The number of ether oxygens (including phenoxy) is 4. The second kappa shape index (κ2) is 13.6. The van der Waals surface area contributed by atoms with Gasteiger partial charge in [0.15, 0.2) is 16.3 Å². The third kappa shape index (κ3) is 6.44. The summed E-state index contributed by atoms with van der Waals surface area (Å²) >= 11 is 17.1. The molecule has 1 aliphatic heterocycles. The molecule has 3 aromatic carbocycles. The van der Waals surface area contributed by atoms with E-state index in [9.17, 15) is 9.59 Å². The number of benzene rings is 3. The smallest absolute Gasteiger partial charge is 0.338 e. The van der Waals surface area contributed by atoms with Crippen molar-refractivity contribution in [3.63, 3.8) is 0 Å². The van der Waals surface area contributed by atoms with Gasteiger partial charge in [-0.25, -0.2) is 9.79 Å². The Morgan fingerprint density at radius 1 is 1.09 bits per heavy atom. The summed E-state index contributed by atoms with van der Waals surface area (Å²) in [5.41, 5.74) is 2.57. The first-order valence-corrected chi connectivity index (χ1v) is 15.8. The number of esters is 1. The summed E-state index contributed by atoms with van der Waals surface area (Å²) in [4.78, 5) is 32.4. The zero-order chi connectivity index (χ0) is 31.5. The topological polar surface area (TPSA) is 88.4 Å². The third-order valence-electron chi connectivity index (χ3n) is 6.88. The number of nitrogens with zero attached hydrogens (tertiary/aromatic N) is 2. The van der Waals surface area contributed by atoms with Crippen LogP contribution in [0.4, 0.5) is 0 Å². The van der Waals surface area contributed by atoms with Crippen molar-refractivity contribution in [3.05, 3.63) is 117 Å². The van der Waals surface area contributed by atoms with Crippen LogP contribution in [0.25, 0.3) is 6.08 Å². The molecule has 12 heteroatoms. The molecule has 8 nitrogen and oxygen atoms in total. The molecule has 228 valence electrons. The Balaban J connectivity index is 1.59. The van der Waals surface area contributed by atoms with Crippen LogP contribution in [0.1, 0.15) is 36.6 Å². The van der Waals surface area contributed by atoms with Gasteiger partial charge in [-0.15, -0.1) is 0 Å². The van der Waals surface area contributed by atoms with Crippen molar-refractivity contribution in [1.29, 1.82) is 0 Å². The van der Waals surface area contributed by atoms with Gasteiger partial charge in [-0.05, 0) is 67.4 Å². The molecule has 0 saturated heterocycles. The van der Waals surface area contributed by atoms with Crippen LogP contribution in [-0.4, -0.2) is 31.4 Å².